The normalized spacial score (nSPS) is 20.2. The second-order valence-corrected chi connectivity index (χ2v) is 6.04. The van der Waals surface area contributed by atoms with Crippen molar-refractivity contribution in [2.75, 3.05) is 6.61 Å². The molecule has 124 valence electrons. The van der Waals surface area contributed by atoms with Crippen molar-refractivity contribution in [1.29, 1.82) is 0 Å². The average Bonchev–Trinajstić information content (AvgIpc) is 2.90. The summed E-state index contributed by atoms with van der Waals surface area (Å²) in [6.07, 6.45) is 1.48. The van der Waals surface area contributed by atoms with E-state index in [4.69, 9.17) is 9.47 Å². The number of cyclic esters (lactones) is 1. The lowest BCUT2D eigenvalue weighted by atomic mass is 9.87. The van der Waals surface area contributed by atoms with E-state index in [1.807, 2.05) is 60.7 Å². The first-order chi connectivity index (χ1) is 11.8. The van der Waals surface area contributed by atoms with Gasteiger partial charge in [-0.1, -0.05) is 67.2 Å². The van der Waals surface area contributed by atoms with Gasteiger partial charge in [0.25, 0.3) is 0 Å². The van der Waals surface area contributed by atoms with Crippen LogP contribution in [0.25, 0.3) is 0 Å². The summed E-state index contributed by atoms with van der Waals surface area (Å²) < 4.78 is 11.2. The molecule has 3 rings (SSSR count). The summed E-state index contributed by atoms with van der Waals surface area (Å²) in [6, 6.07) is 20.1. The summed E-state index contributed by atoms with van der Waals surface area (Å²) in [7, 11) is 0. The topological polar surface area (TPSA) is 35.5 Å². The van der Waals surface area contributed by atoms with E-state index in [9.17, 15) is 4.79 Å². The maximum absolute atomic E-state index is 11.9. The van der Waals surface area contributed by atoms with Gasteiger partial charge in [-0.2, -0.15) is 0 Å². The molecule has 0 amide bonds. The molecule has 0 aliphatic carbocycles. The number of rotatable bonds is 7. The third-order valence-electron chi connectivity index (χ3n) is 4.32. The Hall–Kier alpha value is -2.39. The van der Waals surface area contributed by atoms with Gasteiger partial charge in [0.2, 0.25) is 0 Å². The van der Waals surface area contributed by atoms with E-state index in [2.05, 4.69) is 6.58 Å². The van der Waals surface area contributed by atoms with Crippen LogP contribution in [-0.4, -0.2) is 18.7 Å². The standard InChI is InChI=1S/C21H22O3/c1-16-20(18-11-6-3-7-12-18)19(24-21(16)22)13-8-14-23-15-17-9-4-2-5-10-17/h2-7,9-12,19-20H,1,8,13-15H2. The number of esters is 1. The highest BCUT2D eigenvalue weighted by Gasteiger charge is 2.38. The minimum atomic E-state index is -0.279. The van der Waals surface area contributed by atoms with Gasteiger partial charge < -0.3 is 9.47 Å². The Morgan fingerprint density at radius 1 is 1.00 bits per heavy atom. The van der Waals surface area contributed by atoms with Crippen molar-refractivity contribution in [2.45, 2.75) is 31.5 Å². The molecular formula is C21H22O3. The molecule has 1 saturated heterocycles. The third kappa shape index (κ3) is 3.92. The highest BCUT2D eigenvalue weighted by molar-refractivity contribution is 5.92. The molecule has 1 heterocycles. The molecular weight excluding hydrogens is 300 g/mol. The van der Waals surface area contributed by atoms with Gasteiger partial charge in [0, 0.05) is 12.2 Å². The van der Waals surface area contributed by atoms with Crippen LogP contribution in [0.3, 0.4) is 0 Å². The molecule has 2 atom stereocenters. The zero-order chi connectivity index (χ0) is 16.8. The summed E-state index contributed by atoms with van der Waals surface area (Å²) in [5.74, 6) is -0.327. The Kier molecular flexibility index (Phi) is 5.44. The van der Waals surface area contributed by atoms with Crippen LogP contribution >= 0.6 is 0 Å². The van der Waals surface area contributed by atoms with E-state index in [1.54, 1.807) is 0 Å². The summed E-state index contributed by atoms with van der Waals surface area (Å²) in [6.45, 7) is 5.18. The fraction of sp³-hybridized carbons (Fsp3) is 0.286. The van der Waals surface area contributed by atoms with Crippen LogP contribution in [0, 0.1) is 0 Å². The van der Waals surface area contributed by atoms with Crippen LogP contribution in [0.5, 0.6) is 0 Å². The molecule has 0 aromatic heterocycles. The Bertz CT molecular complexity index is 679. The first-order valence-corrected chi connectivity index (χ1v) is 8.32. The molecule has 2 unspecified atom stereocenters. The highest BCUT2D eigenvalue weighted by Crippen LogP contribution is 2.37. The Labute approximate surface area is 142 Å². The lowest BCUT2D eigenvalue weighted by molar-refractivity contribution is -0.139. The van der Waals surface area contributed by atoms with Gasteiger partial charge in [-0.15, -0.1) is 0 Å². The zero-order valence-electron chi connectivity index (χ0n) is 13.7. The van der Waals surface area contributed by atoms with Crippen LogP contribution in [0.2, 0.25) is 0 Å². The van der Waals surface area contributed by atoms with Crippen molar-refractivity contribution in [3.05, 3.63) is 83.9 Å². The van der Waals surface area contributed by atoms with Crippen molar-refractivity contribution in [3.8, 4) is 0 Å². The molecule has 0 spiro atoms. The van der Waals surface area contributed by atoms with Gasteiger partial charge in [-0.3, -0.25) is 0 Å². The number of hydrogen-bond acceptors (Lipinski definition) is 3. The molecule has 1 aliphatic heterocycles. The Morgan fingerprint density at radius 3 is 2.38 bits per heavy atom. The van der Waals surface area contributed by atoms with Gasteiger partial charge in [-0.05, 0) is 24.0 Å². The largest absolute Gasteiger partial charge is 0.458 e. The number of benzene rings is 2. The molecule has 0 radical (unpaired) electrons. The molecule has 1 fully saturated rings. The number of ether oxygens (including phenoxy) is 2. The summed E-state index contributed by atoms with van der Waals surface area (Å²) in [5, 5.41) is 0. The van der Waals surface area contributed by atoms with Gasteiger partial charge in [0.05, 0.1) is 12.5 Å². The fourth-order valence-corrected chi connectivity index (χ4v) is 3.09. The molecule has 24 heavy (non-hydrogen) atoms. The average molecular weight is 322 g/mol. The molecule has 0 N–H and O–H groups in total. The molecule has 2 aromatic rings. The van der Waals surface area contributed by atoms with Gasteiger partial charge in [-0.25, -0.2) is 4.79 Å². The predicted molar refractivity (Wildman–Crippen MR) is 93.5 cm³/mol. The summed E-state index contributed by atoms with van der Waals surface area (Å²) in [5.41, 5.74) is 2.81. The maximum atomic E-state index is 11.9. The van der Waals surface area contributed by atoms with Crippen molar-refractivity contribution >= 4 is 5.97 Å². The van der Waals surface area contributed by atoms with Crippen LogP contribution < -0.4 is 0 Å². The molecule has 1 aliphatic rings. The first-order valence-electron chi connectivity index (χ1n) is 8.32. The van der Waals surface area contributed by atoms with Gasteiger partial charge >= 0.3 is 5.97 Å². The molecule has 3 nitrogen and oxygen atoms in total. The fourth-order valence-electron chi connectivity index (χ4n) is 3.09. The smallest absolute Gasteiger partial charge is 0.334 e. The predicted octanol–water partition coefficient (Wildman–Crippen LogP) is 4.25. The van der Waals surface area contributed by atoms with Crippen molar-refractivity contribution in [1.82, 2.24) is 0 Å². The van der Waals surface area contributed by atoms with E-state index in [1.165, 1.54) is 5.56 Å². The Balaban J connectivity index is 1.50. The van der Waals surface area contributed by atoms with E-state index in [-0.39, 0.29) is 18.0 Å². The molecule has 2 aromatic carbocycles. The maximum Gasteiger partial charge on any atom is 0.334 e. The minimum Gasteiger partial charge on any atom is -0.458 e. The van der Waals surface area contributed by atoms with Gasteiger partial charge in [0.1, 0.15) is 6.10 Å². The second-order valence-electron chi connectivity index (χ2n) is 6.04. The third-order valence-corrected chi connectivity index (χ3v) is 4.32. The molecule has 0 saturated carbocycles. The van der Waals surface area contributed by atoms with Crippen molar-refractivity contribution in [2.24, 2.45) is 0 Å². The SMILES string of the molecule is C=C1C(=O)OC(CCCOCc2ccccc2)C1c1ccccc1. The lowest BCUT2D eigenvalue weighted by Gasteiger charge is -2.18. The highest BCUT2D eigenvalue weighted by atomic mass is 16.6. The first kappa shape index (κ1) is 16.5. The van der Waals surface area contributed by atoms with E-state index < -0.39 is 0 Å². The van der Waals surface area contributed by atoms with E-state index in [0.29, 0.717) is 18.8 Å². The minimum absolute atomic E-state index is 0.0483. The van der Waals surface area contributed by atoms with E-state index >= 15 is 0 Å². The van der Waals surface area contributed by atoms with Crippen LogP contribution in [0.4, 0.5) is 0 Å². The summed E-state index contributed by atoms with van der Waals surface area (Å²) in [4.78, 5) is 11.9. The monoisotopic (exact) mass is 322 g/mol. The number of carbonyl (C=O) groups is 1. The van der Waals surface area contributed by atoms with Crippen molar-refractivity contribution < 1.29 is 14.3 Å². The Morgan fingerprint density at radius 2 is 1.67 bits per heavy atom. The quantitative estimate of drug-likeness (QED) is 0.434. The summed E-state index contributed by atoms with van der Waals surface area (Å²) >= 11 is 0. The van der Waals surface area contributed by atoms with Crippen molar-refractivity contribution in [3.63, 3.8) is 0 Å². The zero-order valence-corrected chi connectivity index (χ0v) is 13.7. The number of carbonyl (C=O) groups excluding carboxylic acids is 1. The second kappa shape index (κ2) is 7.93. The lowest BCUT2D eigenvalue weighted by Crippen LogP contribution is -2.16. The van der Waals surface area contributed by atoms with Crippen LogP contribution in [-0.2, 0) is 20.9 Å². The van der Waals surface area contributed by atoms with Crippen LogP contribution in [0.1, 0.15) is 29.9 Å². The van der Waals surface area contributed by atoms with E-state index in [0.717, 1.165) is 18.4 Å². The molecule has 3 heteroatoms. The van der Waals surface area contributed by atoms with Gasteiger partial charge in [0.15, 0.2) is 0 Å². The molecule has 0 bridgehead atoms. The van der Waals surface area contributed by atoms with Crippen LogP contribution in [0.15, 0.2) is 72.8 Å². The number of hydrogen-bond donors (Lipinski definition) is 0.